The zero-order valence-electron chi connectivity index (χ0n) is 6.74. The topological polar surface area (TPSA) is 22.1 Å². The highest BCUT2D eigenvalue weighted by molar-refractivity contribution is 5.44. The first-order valence-electron chi connectivity index (χ1n) is 3.49. The Morgan fingerprint density at radius 3 is 2.73 bits per heavy atom. The molecule has 0 fully saturated rings. The summed E-state index contributed by atoms with van der Waals surface area (Å²) in [6.45, 7) is 1.96. The van der Waals surface area contributed by atoms with Gasteiger partial charge in [0.05, 0.1) is 19.0 Å². The predicted octanol–water partition coefficient (Wildman–Crippen LogP) is 2.12. The molecule has 2 heteroatoms. The molecule has 0 atom stereocenters. The van der Waals surface area contributed by atoms with Gasteiger partial charge in [0.1, 0.15) is 5.75 Å². The number of nitrogens with zero attached hydrogens (tertiary/aromatic N) is 1. The smallest absolute Gasteiger partial charge is 0.137 e. The highest BCUT2D eigenvalue weighted by Gasteiger charge is 1.89. The molecule has 0 spiro atoms. The predicted molar refractivity (Wildman–Crippen MR) is 45.5 cm³/mol. The number of hydrogen-bond donors (Lipinski definition) is 0. The van der Waals surface area contributed by atoms with Crippen LogP contribution in [-0.2, 0) is 0 Å². The Kier molecular flexibility index (Phi) is 2.66. The van der Waals surface area contributed by atoms with Gasteiger partial charge in [0.2, 0.25) is 0 Å². The largest absolute Gasteiger partial charge is 0.495 e. The molecule has 0 aromatic carbocycles. The van der Waals surface area contributed by atoms with E-state index in [0.717, 1.165) is 11.4 Å². The van der Waals surface area contributed by atoms with Crippen LogP contribution in [0.5, 0.6) is 5.75 Å². The van der Waals surface area contributed by atoms with Gasteiger partial charge in [0.25, 0.3) is 0 Å². The Hall–Kier alpha value is -1.31. The second-order valence-corrected chi connectivity index (χ2v) is 2.12. The second-order valence-electron chi connectivity index (χ2n) is 2.12. The number of methoxy groups -OCH3 is 1. The van der Waals surface area contributed by atoms with Gasteiger partial charge in [0.15, 0.2) is 0 Å². The van der Waals surface area contributed by atoms with Crippen LogP contribution in [0, 0.1) is 0 Å². The Morgan fingerprint density at radius 2 is 2.27 bits per heavy atom. The van der Waals surface area contributed by atoms with Crippen molar-refractivity contribution in [3.63, 3.8) is 0 Å². The quantitative estimate of drug-likeness (QED) is 0.642. The van der Waals surface area contributed by atoms with Crippen LogP contribution in [0.15, 0.2) is 24.4 Å². The van der Waals surface area contributed by atoms with Crippen molar-refractivity contribution in [3.05, 3.63) is 30.1 Å². The third kappa shape index (κ3) is 2.08. The zero-order valence-corrected chi connectivity index (χ0v) is 6.74. The van der Waals surface area contributed by atoms with Crippen molar-refractivity contribution in [1.82, 2.24) is 4.98 Å². The summed E-state index contributed by atoms with van der Waals surface area (Å²) < 4.78 is 4.96. The minimum absolute atomic E-state index is 0.790. The number of rotatable bonds is 2. The average Bonchev–Trinajstić information content (AvgIpc) is 2.07. The van der Waals surface area contributed by atoms with Gasteiger partial charge < -0.3 is 4.74 Å². The summed E-state index contributed by atoms with van der Waals surface area (Å²) in [5, 5.41) is 0. The molecule has 1 heterocycles. The highest BCUT2D eigenvalue weighted by Crippen LogP contribution is 2.08. The van der Waals surface area contributed by atoms with Gasteiger partial charge in [-0.15, -0.1) is 0 Å². The fourth-order valence-electron chi connectivity index (χ4n) is 0.782. The van der Waals surface area contributed by atoms with Crippen molar-refractivity contribution < 1.29 is 4.74 Å². The molecular formula is C9H11NO. The molecule has 0 amide bonds. The first-order valence-corrected chi connectivity index (χ1v) is 3.49. The lowest BCUT2D eigenvalue weighted by molar-refractivity contribution is 0.413. The normalized spacial score (nSPS) is 10.4. The summed E-state index contributed by atoms with van der Waals surface area (Å²) >= 11 is 0. The molecule has 0 aliphatic heterocycles. The van der Waals surface area contributed by atoms with Crippen molar-refractivity contribution in [3.8, 4) is 5.75 Å². The van der Waals surface area contributed by atoms with E-state index in [-0.39, 0.29) is 0 Å². The van der Waals surface area contributed by atoms with Gasteiger partial charge in [-0.2, -0.15) is 0 Å². The third-order valence-corrected chi connectivity index (χ3v) is 1.33. The number of allylic oxidation sites excluding steroid dienone is 1. The standard InChI is InChI=1S/C9H11NO/c1-3-4-8-5-6-9(11-2)7-10-8/h3-7H,1-2H3/b4-3+. The molecule has 0 aliphatic carbocycles. The van der Waals surface area contributed by atoms with Crippen LogP contribution >= 0.6 is 0 Å². The summed E-state index contributed by atoms with van der Waals surface area (Å²) in [4.78, 5) is 4.13. The second kappa shape index (κ2) is 3.76. The maximum atomic E-state index is 4.96. The van der Waals surface area contributed by atoms with Crippen LogP contribution in [0.25, 0.3) is 6.08 Å². The number of hydrogen-bond acceptors (Lipinski definition) is 2. The Bertz CT molecular complexity index is 238. The summed E-state index contributed by atoms with van der Waals surface area (Å²) in [5.74, 6) is 0.790. The maximum Gasteiger partial charge on any atom is 0.137 e. The van der Waals surface area contributed by atoms with E-state index in [9.17, 15) is 0 Å². The summed E-state index contributed by atoms with van der Waals surface area (Å²) in [6.07, 6.45) is 5.60. The molecule has 2 nitrogen and oxygen atoms in total. The maximum absolute atomic E-state index is 4.96. The zero-order chi connectivity index (χ0) is 8.10. The molecule has 1 aromatic heterocycles. The molecule has 0 aliphatic rings. The van der Waals surface area contributed by atoms with E-state index < -0.39 is 0 Å². The van der Waals surface area contributed by atoms with E-state index in [1.54, 1.807) is 13.3 Å². The van der Waals surface area contributed by atoms with E-state index in [1.807, 2.05) is 31.2 Å². The van der Waals surface area contributed by atoms with Crippen LogP contribution in [0.2, 0.25) is 0 Å². The molecule has 0 saturated heterocycles. The van der Waals surface area contributed by atoms with Gasteiger partial charge >= 0.3 is 0 Å². The average molecular weight is 149 g/mol. The minimum Gasteiger partial charge on any atom is -0.495 e. The summed E-state index contributed by atoms with van der Waals surface area (Å²) in [6, 6.07) is 3.81. The summed E-state index contributed by atoms with van der Waals surface area (Å²) in [7, 11) is 1.63. The fourth-order valence-corrected chi connectivity index (χ4v) is 0.782. The Morgan fingerprint density at radius 1 is 1.45 bits per heavy atom. The van der Waals surface area contributed by atoms with E-state index in [0.29, 0.717) is 0 Å². The molecule has 1 rings (SSSR count). The van der Waals surface area contributed by atoms with Crippen molar-refractivity contribution in [2.45, 2.75) is 6.92 Å². The first kappa shape index (κ1) is 7.79. The summed E-state index contributed by atoms with van der Waals surface area (Å²) in [5.41, 5.74) is 0.952. The van der Waals surface area contributed by atoms with E-state index in [4.69, 9.17) is 4.74 Å². The van der Waals surface area contributed by atoms with Crippen molar-refractivity contribution in [2.75, 3.05) is 7.11 Å². The lowest BCUT2D eigenvalue weighted by Crippen LogP contribution is -1.84. The van der Waals surface area contributed by atoms with Crippen molar-refractivity contribution in [2.24, 2.45) is 0 Å². The van der Waals surface area contributed by atoms with E-state index in [2.05, 4.69) is 4.98 Å². The molecule has 0 radical (unpaired) electrons. The molecule has 0 saturated carbocycles. The van der Waals surface area contributed by atoms with Gasteiger partial charge in [0, 0.05) is 0 Å². The van der Waals surface area contributed by atoms with E-state index in [1.165, 1.54) is 0 Å². The lowest BCUT2D eigenvalue weighted by atomic mass is 10.3. The van der Waals surface area contributed by atoms with Gasteiger partial charge in [-0.3, -0.25) is 4.98 Å². The van der Waals surface area contributed by atoms with Crippen molar-refractivity contribution >= 4 is 6.08 Å². The van der Waals surface area contributed by atoms with Crippen LogP contribution < -0.4 is 4.74 Å². The van der Waals surface area contributed by atoms with E-state index >= 15 is 0 Å². The minimum atomic E-state index is 0.790. The molecular weight excluding hydrogens is 138 g/mol. The third-order valence-electron chi connectivity index (χ3n) is 1.33. The molecule has 0 N–H and O–H groups in total. The van der Waals surface area contributed by atoms with Crippen LogP contribution in [-0.4, -0.2) is 12.1 Å². The van der Waals surface area contributed by atoms with Crippen LogP contribution in [0.3, 0.4) is 0 Å². The number of aromatic nitrogens is 1. The molecule has 0 bridgehead atoms. The monoisotopic (exact) mass is 149 g/mol. The highest BCUT2D eigenvalue weighted by atomic mass is 16.5. The van der Waals surface area contributed by atoms with Gasteiger partial charge in [-0.25, -0.2) is 0 Å². The van der Waals surface area contributed by atoms with Crippen molar-refractivity contribution in [1.29, 1.82) is 0 Å². The fraction of sp³-hybridized carbons (Fsp3) is 0.222. The number of pyridine rings is 1. The molecule has 58 valence electrons. The first-order chi connectivity index (χ1) is 5.36. The molecule has 1 aromatic rings. The Labute approximate surface area is 66.5 Å². The molecule has 11 heavy (non-hydrogen) atoms. The lowest BCUT2D eigenvalue weighted by Gasteiger charge is -1.97. The Balaban J connectivity index is 2.82. The van der Waals surface area contributed by atoms with Gasteiger partial charge in [-0.1, -0.05) is 6.08 Å². The number of ether oxygens (including phenoxy) is 1. The SMILES string of the molecule is C/C=C/c1ccc(OC)cn1. The van der Waals surface area contributed by atoms with Gasteiger partial charge in [-0.05, 0) is 25.1 Å². The van der Waals surface area contributed by atoms with Crippen LogP contribution in [0.1, 0.15) is 12.6 Å². The van der Waals surface area contributed by atoms with Crippen LogP contribution in [0.4, 0.5) is 0 Å². The molecule has 0 unspecified atom stereocenters.